The highest BCUT2D eigenvalue weighted by molar-refractivity contribution is 5.93. The number of piperazine rings is 3. The lowest BCUT2D eigenvalue weighted by atomic mass is 9.98. The summed E-state index contributed by atoms with van der Waals surface area (Å²) in [4.78, 5) is 132. The maximum absolute atomic E-state index is 14.0. The van der Waals surface area contributed by atoms with Crippen LogP contribution >= 0.6 is 0 Å². The van der Waals surface area contributed by atoms with Crippen molar-refractivity contribution >= 4 is 53.7 Å². The third-order valence-electron chi connectivity index (χ3n) is 20.1. The fourth-order valence-corrected chi connectivity index (χ4v) is 14.6. The highest BCUT2D eigenvalue weighted by Gasteiger charge is 2.52. The first-order chi connectivity index (χ1) is 52.6. The summed E-state index contributed by atoms with van der Waals surface area (Å²) in [7, 11) is 0. The molecule has 6 aliphatic heterocycles. The molecule has 582 valence electrons. The number of nitrogens with two attached hydrogens (primary N) is 3. The van der Waals surface area contributed by atoms with Crippen LogP contribution in [0.4, 0.5) is 40.7 Å². The van der Waals surface area contributed by atoms with Crippen molar-refractivity contribution in [3.8, 4) is 0 Å². The number of ether oxygens (including phenoxy) is 3. The van der Waals surface area contributed by atoms with Gasteiger partial charge < -0.3 is 60.8 Å². The molecule has 0 spiro atoms. The molecule has 6 saturated heterocycles. The highest BCUT2D eigenvalue weighted by Crippen LogP contribution is 2.34. The summed E-state index contributed by atoms with van der Waals surface area (Å²) in [5.41, 5.74) is 20.3. The molecule has 6 N–H and O–H groups in total. The van der Waals surface area contributed by atoms with Gasteiger partial charge in [0.2, 0.25) is 35.4 Å². The lowest BCUT2D eigenvalue weighted by molar-refractivity contribution is -0.169. The largest absolute Gasteiger partial charge is 0.444 e. The molecule has 30 heteroatoms. The van der Waals surface area contributed by atoms with Crippen LogP contribution < -0.4 is 17.2 Å². The van der Waals surface area contributed by atoms with Crippen LogP contribution in [0.2, 0.25) is 0 Å². The number of hydrogen-bond acceptors (Lipinski definition) is 15. The smallest absolute Gasteiger partial charge is 0.411 e. The first kappa shape index (κ1) is 80.9. The number of aryl methyl sites for hydroxylation is 1. The van der Waals surface area contributed by atoms with Gasteiger partial charge in [0, 0.05) is 64.6 Å². The molecule has 9 amide bonds. The van der Waals surface area contributed by atoms with E-state index in [1.54, 1.807) is 38.7 Å². The van der Waals surface area contributed by atoms with Gasteiger partial charge in [-0.15, -0.1) is 0 Å². The van der Waals surface area contributed by atoms with E-state index in [0.717, 1.165) is 47.4 Å². The topological polar surface area (TPSA) is 289 Å². The monoisotopic (exact) mass is 1510 g/mol. The normalized spacial score (nSPS) is 19.9. The predicted molar refractivity (Wildman–Crippen MR) is 386 cm³/mol. The first-order valence-electron chi connectivity index (χ1n) is 36.7. The highest BCUT2D eigenvalue weighted by atomic mass is 19.2. The van der Waals surface area contributed by atoms with E-state index in [4.69, 9.17) is 31.4 Å². The Kier molecular flexibility index (Phi) is 28.6. The van der Waals surface area contributed by atoms with Gasteiger partial charge in [-0.3, -0.25) is 43.5 Å². The van der Waals surface area contributed by atoms with Crippen molar-refractivity contribution < 1.29 is 83.7 Å². The zero-order chi connectivity index (χ0) is 77.8. The summed E-state index contributed by atoms with van der Waals surface area (Å²) < 4.78 is 98.4. The Bertz CT molecular complexity index is 4160. The Labute approximate surface area is 628 Å². The molecule has 6 atom stereocenters. The molecule has 0 unspecified atom stereocenters. The molecule has 109 heavy (non-hydrogen) atoms. The van der Waals surface area contributed by atoms with E-state index in [2.05, 4.69) is 0 Å². The number of carbonyl (C=O) groups excluding carboxylic acids is 9. The number of fused-ring (bicyclic) bond motifs is 3. The van der Waals surface area contributed by atoms with Gasteiger partial charge in [0.25, 0.3) is 0 Å². The lowest BCUT2D eigenvalue weighted by Crippen LogP contribution is -2.71. The van der Waals surface area contributed by atoms with Gasteiger partial charge >= 0.3 is 18.3 Å². The molecular weight excluding hydrogens is 1420 g/mol. The van der Waals surface area contributed by atoms with Crippen LogP contribution in [0.3, 0.4) is 0 Å². The molecule has 6 aromatic rings. The van der Waals surface area contributed by atoms with Gasteiger partial charge in [0.1, 0.15) is 79.7 Å². The number of unbranched alkanes of at least 4 members (excludes halogenated alkanes) is 3. The SMILES string of the molecule is Cc1cc(COC(=O)N2CCC(=O)N3[C@@H]2CN(Cc2ccccc2)C(=O)[C@@H]3CCCCN)ccc1F.NCCCC[C@H]1C(=O)N(Cc2ccccc2)C[C@@H]2N(C(=O)OCc3c(F)ccc(F)c3F)CCC(=O)N21.NCCCC[C@H]1C(=O)N(Cc2ccccc2)C[C@@H]2N(C(=O)OCc3cc(F)cc(F)c3)CCC(=O)N21. The molecule has 6 heterocycles. The Balaban J connectivity index is 0.000000174. The van der Waals surface area contributed by atoms with E-state index >= 15 is 0 Å². The van der Waals surface area contributed by atoms with Crippen molar-refractivity contribution in [2.24, 2.45) is 17.2 Å². The van der Waals surface area contributed by atoms with Gasteiger partial charge in [0.05, 0.1) is 25.2 Å². The molecule has 12 rings (SSSR count). The van der Waals surface area contributed by atoms with Gasteiger partial charge in [-0.05, 0) is 154 Å². The molecule has 0 radical (unpaired) electrons. The molecule has 0 saturated carbocycles. The van der Waals surface area contributed by atoms with Crippen LogP contribution in [-0.4, -0.2) is 193 Å². The van der Waals surface area contributed by atoms with Gasteiger partial charge in [0.15, 0.2) is 11.6 Å². The average Bonchev–Trinajstić information content (AvgIpc) is 0.766. The summed E-state index contributed by atoms with van der Waals surface area (Å²) in [5, 5.41) is 0. The van der Waals surface area contributed by atoms with Crippen molar-refractivity contribution in [1.29, 1.82) is 0 Å². The van der Waals surface area contributed by atoms with E-state index in [1.807, 2.05) is 91.0 Å². The first-order valence-corrected chi connectivity index (χ1v) is 36.7. The quantitative estimate of drug-likeness (QED) is 0.0220. The second-order valence-electron chi connectivity index (χ2n) is 27.5. The van der Waals surface area contributed by atoms with E-state index in [0.29, 0.717) is 101 Å². The molecule has 0 aromatic heterocycles. The number of benzene rings is 6. The summed E-state index contributed by atoms with van der Waals surface area (Å²) in [6, 6.07) is 35.2. The van der Waals surface area contributed by atoms with Gasteiger partial charge in [-0.25, -0.2) is 40.7 Å². The van der Waals surface area contributed by atoms with Crippen LogP contribution in [0.5, 0.6) is 0 Å². The summed E-state index contributed by atoms with van der Waals surface area (Å²) in [6.45, 7) is 3.68. The molecule has 6 fully saturated rings. The maximum atomic E-state index is 14.0. The number of halogens is 6. The Morgan fingerprint density at radius 1 is 0.394 bits per heavy atom. The fraction of sp³-hybridized carbons (Fsp3) is 0.430. The van der Waals surface area contributed by atoms with Crippen molar-refractivity contribution in [2.75, 3.05) is 58.9 Å². The minimum absolute atomic E-state index is 0.00976. The number of carbonyl (C=O) groups is 9. The van der Waals surface area contributed by atoms with Crippen LogP contribution in [0.25, 0.3) is 0 Å². The standard InChI is InChI=1S/C27H33FN4O4.C26H29F3N4O4.C26H30F2N4O4/c1-19-15-21(10-11-22(19)28)18-36-27(35)31-14-12-25(33)32-23(9-5-6-13-29)26(34)30(17-24(31)32)16-20-7-3-2-4-8-20;27-19-9-10-20(28)24(29)18(19)16-37-26(36)32-13-11-23(34)33-21(8-4-5-12-30)25(35)31(15-22(32)33)14-17-6-2-1-3-7-17;27-20-12-19(13-21(28)14-20)17-36-26(35)31-11-9-24(33)32-22(8-4-5-10-29)25(34)30(16-23(31)32)15-18-6-2-1-3-7-18/h2-4,7-8,10-11,15,23-24H,5-6,9,12-14,16-18,29H2,1H3;1-3,6-7,9-10,21-22H,4-5,8,11-16,30H2;1-3,6-7,12-14,22-23H,4-5,8-11,15-17,29H2/t23-,24+;21-,22+;22-,23+/m000/s1. The summed E-state index contributed by atoms with van der Waals surface area (Å²) in [6.07, 6.45) is 1.25. The van der Waals surface area contributed by atoms with Crippen LogP contribution in [0, 0.1) is 41.8 Å². The average molecular weight is 1520 g/mol. The zero-order valence-corrected chi connectivity index (χ0v) is 60.8. The molecule has 0 bridgehead atoms. The Morgan fingerprint density at radius 3 is 1.09 bits per heavy atom. The van der Waals surface area contributed by atoms with Crippen molar-refractivity contribution in [2.45, 2.75) is 160 Å². The second kappa shape index (κ2) is 38.5. The van der Waals surface area contributed by atoms with Crippen molar-refractivity contribution in [3.05, 3.63) is 213 Å². The Hall–Kier alpha value is -10.6. The number of hydrogen-bond donors (Lipinski definition) is 3. The number of amides is 9. The van der Waals surface area contributed by atoms with E-state index in [9.17, 15) is 69.5 Å². The second-order valence-corrected chi connectivity index (χ2v) is 27.5. The molecular formula is C79H92F6N12O12. The minimum atomic E-state index is -1.43. The zero-order valence-electron chi connectivity index (χ0n) is 60.8. The van der Waals surface area contributed by atoms with E-state index in [-0.39, 0.29) is 125 Å². The van der Waals surface area contributed by atoms with Gasteiger partial charge in [-0.1, -0.05) is 97.1 Å². The number of nitrogens with zero attached hydrogens (tertiary/aromatic N) is 9. The van der Waals surface area contributed by atoms with E-state index in [1.165, 1.54) is 30.6 Å². The minimum Gasteiger partial charge on any atom is -0.444 e. The van der Waals surface area contributed by atoms with Crippen LogP contribution in [-0.2, 0) is 82.4 Å². The van der Waals surface area contributed by atoms with Crippen LogP contribution in [0.15, 0.2) is 140 Å². The summed E-state index contributed by atoms with van der Waals surface area (Å²) >= 11 is 0. The molecule has 6 aliphatic rings. The third-order valence-corrected chi connectivity index (χ3v) is 20.1. The third kappa shape index (κ3) is 20.4. The lowest BCUT2D eigenvalue weighted by Gasteiger charge is -2.52. The van der Waals surface area contributed by atoms with Crippen molar-refractivity contribution in [3.63, 3.8) is 0 Å². The van der Waals surface area contributed by atoms with Crippen LogP contribution in [0.1, 0.15) is 116 Å². The molecule has 0 aliphatic carbocycles. The number of rotatable bonds is 24. The van der Waals surface area contributed by atoms with E-state index < -0.39 is 96.2 Å². The summed E-state index contributed by atoms with van der Waals surface area (Å²) in [5.74, 6) is -6.66. The van der Waals surface area contributed by atoms with Crippen molar-refractivity contribution in [1.82, 2.24) is 44.1 Å². The molecule has 24 nitrogen and oxygen atoms in total. The maximum Gasteiger partial charge on any atom is 0.411 e. The Morgan fingerprint density at radius 2 is 0.734 bits per heavy atom. The molecule has 6 aromatic carbocycles. The fourth-order valence-electron chi connectivity index (χ4n) is 14.6. The predicted octanol–water partition coefficient (Wildman–Crippen LogP) is 9.31. The van der Waals surface area contributed by atoms with Gasteiger partial charge in [-0.2, -0.15) is 0 Å².